The smallest absolute Gasteiger partial charge is 0.363 e. The average Bonchev–Trinajstić information content (AvgIpc) is 2.55. The molecule has 0 saturated heterocycles. The van der Waals surface area contributed by atoms with Gasteiger partial charge in [0, 0.05) is 18.3 Å². The summed E-state index contributed by atoms with van der Waals surface area (Å²) in [5.41, 5.74) is 0.938. The van der Waals surface area contributed by atoms with E-state index in [0.717, 1.165) is 0 Å². The number of hydrogen-bond donors (Lipinski definition) is 0. The Morgan fingerprint density at radius 1 is 1.50 bits per heavy atom. The van der Waals surface area contributed by atoms with Crippen LogP contribution >= 0.6 is 12.2 Å². The lowest BCUT2D eigenvalue weighted by Crippen LogP contribution is -2.03. The van der Waals surface area contributed by atoms with Gasteiger partial charge in [0.15, 0.2) is 16.9 Å². The van der Waals surface area contributed by atoms with Gasteiger partial charge >= 0.3 is 10.9 Å². The Morgan fingerprint density at radius 3 is 2.93 bits per heavy atom. The van der Waals surface area contributed by atoms with E-state index in [9.17, 15) is 4.79 Å². The van der Waals surface area contributed by atoms with Gasteiger partial charge in [-0.1, -0.05) is 0 Å². The van der Waals surface area contributed by atoms with E-state index in [2.05, 4.69) is 21.9 Å². The van der Waals surface area contributed by atoms with Gasteiger partial charge in [-0.2, -0.15) is 0 Å². The maximum absolute atomic E-state index is 11.1. The van der Waals surface area contributed by atoms with Gasteiger partial charge < -0.3 is 13.6 Å². The molecule has 6 heteroatoms. The third-order valence-electron chi connectivity index (χ3n) is 1.61. The Morgan fingerprint density at radius 2 is 2.21 bits per heavy atom. The first-order valence-corrected chi connectivity index (χ1v) is 4.09. The van der Waals surface area contributed by atoms with E-state index < -0.39 is 5.97 Å². The Bertz CT molecular complexity index is 542. The summed E-state index contributed by atoms with van der Waals surface area (Å²) >= 11 is 4.67. The number of nitrogens with zero attached hydrogens (tertiary/aromatic N) is 1. The molecule has 0 spiro atoms. The minimum Gasteiger partial charge on any atom is -0.464 e. The summed E-state index contributed by atoms with van der Waals surface area (Å²) in [5, 5.41) is 0. The number of hydrogen-bond acceptors (Lipinski definition) is 6. The van der Waals surface area contributed by atoms with E-state index in [1.807, 2.05) is 0 Å². The van der Waals surface area contributed by atoms with Crippen LogP contribution in [0.15, 0.2) is 21.1 Å². The van der Waals surface area contributed by atoms with Gasteiger partial charge in [0.1, 0.15) is 0 Å². The molecule has 2 aromatic heterocycles. The number of ether oxygens (including phenoxy) is 1. The summed E-state index contributed by atoms with van der Waals surface area (Å²) < 4.78 is 14.5. The number of pyridine rings is 1. The monoisotopic (exact) mass is 211 g/mol. The maximum Gasteiger partial charge on any atom is 0.363 e. The fourth-order valence-corrected chi connectivity index (χ4v) is 1.18. The highest BCUT2D eigenvalue weighted by molar-refractivity contribution is 7.71. The van der Waals surface area contributed by atoms with Crippen molar-refractivity contribution in [3.63, 3.8) is 0 Å². The van der Waals surface area contributed by atoms with Crippen molar-refractivity contribution in [3.05, 3.63) is 22.9 Å². The highest BCUT2D eigenvalue weighted by atomic mass is 32.1. The Labute approximate surface area is 83.3 Å². The van der Waals surface area contributed by atoms with Crippen molar-refractivity contribution in [2.45, 2.75) is 0 Å². The van der Waals surface area contributed by atoms with Crippen LogP contribution in [0.1, 0.15) is 10.5 Å². The van der Waals surface area contributed by atoms with Crippen LogP contribution in [0, 0.1) is 4.90 Å². The van der Waals surface area contributed by atoms with Gasteiger partial charge in [0.25, 0.3) is 0 Å². The summed E-state index contributed by atoms with van der Waals surface area (Å²) in [4.78, 5) is 14.9. The van der Waals surface area contributed by atoms with Crippen molar-refractivity contribution >= 4 is 29.4 Å². The van der Waals surface area contributed by atoms with Gasteiger partial charge in [0.2, 0.25) is 0 Å². The van der Waals surface area contributed by atoms with Crippen molar-refractivity contribution in [3.8, 4) is 0 Å². The zero-order valence-electron chi connectivity index (χ0n) is 7.14. The lowest BCUT2D eigenvalue weighted by atomic mass is 10.3. The molecule has 0 radical (unpaired) electrons. The molecule has 72 valence electrons. The van der Waals surface area contributed by atoms with Crippen molar-refractivity contribution in [2.24, 2.45) is 0 Å². The molecule has 0 atom stereocenters. The molecule has 0 fully saturated rings. The summed E-state index contributed by atoms with van der Waals surface area (Å²) in [6, 6.07) is 1.42. The van der Waals surface area contributed by atoms with E-state index >= 15 is 0 Å². The van der Waals surface area contributed by atoms with E-state index in [1.54, 1.807) is 0 Å². The lowest BCUT2D eigenvalue weighted by molar-refractivity contribution is 0.0594. The molecule has 0 N–H and O–H groups in total. The molecular weight excluding hydrogens is 206 g/mol. The standard InChI is InChI=1S/C8H5NO4S/c1-11-7(10)4-2-5-6(3-9-4)13-8(14)12-5/h2-3H,1H3. The quantitative estimate of drug-likeness (QED) is 0.530. The summed E-state index contributed by atoms with van der Waals surface area (Å²) in [7, 11) is 1.28. The predicted octanol–water partition coefficient (Wildman–Crippen LogP) is 1.94. The van der Waals surface area contributed by atoms with Crippen molar-refractivity contribution in [2.75, 3.05) is 7.11 Å². The molecule has 0 aromatic carbocycles. The number of methoxy groups -OCH3 is 1. The largest absolute Gasteiger partial charge is 0.464 e. The van der Waals surface area contributed by atoms with Crippen LogP contribution in [-0.2, 0) is 4.74 Å². The minimum absolute atomic E-state index is 0.00353. The fraction of sp³-hybridized carbons (Fsp3) is 0.125. The van der Waals surface area contributed by atoms with Gasteiger partial charge in [0.05, 0.1) is 13.3 Å². The Hall–Kier alpha value is -1.69. The highest BCUT2D eigenvalue weighted by Gasteiger charge is 2.10. The zero-order valence-corrected chi connectivity index (χ0v) is 7.96. The van der Waals surface area contributed by atoms with Gasteiger partial charge in [-0.05, 0) is 0 Å². The number of rotatable bonds is 1. The van der Waals surface area contributed by atoms with Crippen LogP contribution in [0.2, 0.25) is 0 Å². The summed E-state index contributed by atoms with van der Waals surface area (Å²) in [5.74, 6) is -0.533. The second-order valence-corrected chi connectivity index (χ2v) is 2.80. The van der Waals surface area contributed by atoms with Crippen LogP contribution in [-0.4, -0.2) is 18.1 Å². The average molecular weight is 211 g/mol. The molecule has 0 bridgehead atoms. The van der Waals surface area contributed by atoms with Crippen LogP contribution in [0.25, 0.3) is 11.2 Å². The number of esters is 1. The molecule has 0 saturated carbocycles. The first kappa shape index (κ1) is 8.89. The van der Waals surface area contributed by atoms with Crippen LogP contribution in [0.3, 0.4) is 0 Å². The minimum atomic E-state index is -0.533. The summed E-state index contributed by atoms with van der Waals surface area (Å²) in [6.07, 6.45) is 1.36. The van der Waals surface area contributed by atoms with Gasteiger partial charge in [-0.3, -0.25) is 0 Å². The van der Waals surface area contributed by atoms with E-state index in [-0.39, 0.29) is 10.6 Å². The molecular formula is C8H5NO4S. The van der Waals surface area contributed by atoms with Crippen molar-refractivity contribution < 1.29 is 18.4 Å². The van der Waals surface area contributed by atoms with E-state index in [1.165, 1.54) is 19.4 Å². The van der Waals surface area contributed by atoms with Crippen LogP contribution < -0.4 is 0 Å². The lowest BCUT2D eigenvalue weighted by Gasteiger charge is -1.95. The van der Waals surface area contributed by atoms with Crippen LogP contribution in [0.5, 0.6) is 0 Å². The molecule has 0 amide bonds. The maximum atomic E-state index is 11.1. The first-order valence-electron chi connectivity index (χ1n) is 3.68. The fourth-order valence-electron chi connectivity index (χ4n) is 0.997. The Balaban J connectivity index is 2.61. The Kier molecular flexibility index (Phi) is 2.05. The predicted molar refractivity (Wildman–Crippen MR) is 48.4 cm³/mol. The molecule has 2 aromatic rings. The number of fused-ring (bicyclic) bond motifs is 1. The topological polar surface area (TPSA) is 65.5 Å². The third kappa shape index (κ3) is 1.39. The number of aromatic nitrogens is 1. The summed E-state index contributed by atoms with van der Waals surface area (Å²) in [6.45, 7) is 0. The van der Waals surface area contributed by atoms with E-state index in [4.69, 9.17) is 8.83 Å². The molecule has 0 unspecified atom stereocenters. The first-order chi connectivity index (χ1) is 6.70. The number of carbonyl (C=O) groups excluding carboxylic acids is 1. The normalized spacial score (nSPS) is 10.4. The second-order valence-electron chi connectivity index (χ2n) is 2.46. The SMILES string of the molecule is COC(=O)c1cc2oc(=S)oc2cn1. The second kappa shape index (κ2) is 3.22. The van der Waals surface area contributed by atoms with Crippen molar-refractivity contribution in [1.29, 1.82) is 0 Å². The van der Waals surface area contributed by atoms with Crippen molar-refractivity contribution in [1.82, 2.24) is 4.98 Å². The third-order valence-corrected chi connectivity index (χ3v) is 1.78. The van der Waals surface area contributed by atoms with Gasteiger partial charge in [-0.15, -0.1) is 0 Å². The molecule has 2 heterocycles. The highest BCUT2D eigenvalue weighted by Crippen LogP contribution is 2.16. The van der Waals surface area contributed by atoms with Gasteiger partial charge in [-0.25, -0.2) is 9.78 Å². The van der Waals surface area contributed by atoms with E-state index in [0.29, 0.717) is 11.2 Å². The molecule has 5 nitrogen and oxygen atoms in total. The molecule has 0 aliphatic carbocycles. The molecule has 14 heavy (non-hydrogen) atoms. The van der Waals surface area contributed by atoms with Crippen LogP contribution in [0.4, 0.5) is 0 Å². The molecule has 2 rings (SSSR count). The zero-order chi connectivity index (χ0) is 10.1. The molecule has 0 aliphatic heterocycles. The molecule has 0 aliphatic rings. The number of carbonyl (C=O) groups is 1.